The average Bonchev–Trinajstić information content (AvgIpc) is 3.58. The van der Waals surface area contributed by atoms with E-state index in [0.717, 1.165) is 24.5 Å². The lowest BCUT2D eigenvalue weighted by Gasteiger charge is -2.01. The predicted octanol–water partition coefficient (Wildman–Crippen LogP) is 10.3. The van der Waals surface area contributed by atoms with Crippen molar-refractivity contribution in [2.24, 2.45) is 12.8 Å². The first-order valence-corrected chi connectivity index (χ1v) is 16.1. The van der Waals surface area contributed by atoms with Crippen LogP contribution in [0.2, 0.25) is 0 Å². The van der Waals surface area contributed by atoms with Crippen LogP contribution in [0, 0.1) is 0 Å². The monoisotopic (exact) mass is 639 g/mol. The van der Waals surface area contributed by atoms with Crippen molar-refractivity contribution in [1.29, 1.82) is 0 Å². The number of fused-ring (bicyclic) bond motifs is 1. The van der Waals surface area contributed by atoms with E-state index in [1.807, 2.05) is 194 Å². The Hall–Kier alpha value is -5.65. The number of methoxy groups -OCH3 is 1. The summed E-state index contributed by atoms with van der Waals surface area (Å²) in [5, 5.41) is 5.31. The number of ether oxygens (including phenoxy) is 2. The highest BCUT2D eigenvalue weighted by atomic mass is 16.5. The highest BCUT2D eigenvalue weighted by Crippen LogP contribution is 2.10. The molecule has 1 heterocycles. The molecule has 0 aliphatic rings. The van der Waals surface area contributed by atoms with Crippen molar-refractivity contribution in [3.63, 3.8) is 0 Å². The van der Waals surface area contributed by atoms with Gasteiger partial charge in [-0.15, -0.1) is 0 Å². The maximum absolute atomic E-state index is 5.36. The van der Waals surface area contributed by atoms with Gasteiger partial charge in [-0.1, -0.05) is 165 Å². The fourth-order valence-electron chi connectivity index (χ4n) is 3.78. The van der Waals surface area contributed by atoms with Crippen molar-refractivity contribution >= 4 is 10.9 Å². The summed E-state index contributed by atoms with van der Waals surface area (Å²) in [7, 11) is 3.61. The standard InChI is InChI=1S/C9H12O.C8H8N2.C7H9N.C7H8O.2C6H6/c1-2-8-10-9-6-4-3-5-7-9;1-10-8-5-3-2-4-7(8)6-9-10;8-6-7-4-2-1-3-5-7;1-8-7-5-3-2-4-6-7;2*1-2-4-6-5-3-1/h3-7H,2,8H2,1H3;2-6H,1H3;1-5H,6,8H2;2-6H,1H3;2*1-6H. The van der Waals surface area contributed by atoms with Gasteiger partial charge in [-0.3, -0.25) is 4.68 Å². The van der Waals surface area contributed by atoms with Crippen LogP contribution in [-0.4, -0.2) is 23.5 Å². The molecule has 5 heteroatoms. The minimum Gasteiger partial charge on any atom is -0.497 e. The molecule has 5 nitrogen and oxygen atoms in total. The van der Waals surface area contributed by atoms with Gasteiger partial charge in [0.05, 0.1) is 25.4 Å². The van der Waals surface area contributed by atoms with Crippen LogP contribution in [0.1, 0.15) is 18.9 Å². The summed E-state index contributed by atoms with van der Waals surface area (Å²) < 4.78 is 12.1. The molecule has 6 aromatic carbocycles. The van der Waals surface area contributed by atoms with Crippen LogP contribution in [0.3, 0.4) is 0 Å². The molecule has 0 saturated carbocycles. The lowest BCUT2D eigenvalue weighted by Crippen LogP contribution is -1.94. The summed E-state index contributed by atoms with van der Waals surface area (Å²) in [4.78, 5) is 0. The molecule has 0 saturated heterocycles. The van der Waals surface area contributed by atoms with E-state index >= 15 is 0 Å². The lowest BCUT2D eigenvalue weighted by atomic mass is 10.2. The number of para-hydroxylation sites is 3. The molecule has 0 aliphatic carbocycles. The van der Waals surface area contributed by atoms with Crippen molar-refractivity contribution in [2.75, 3.05) is 13.7 Å². The second kappa shape index (κ2) is 26.6. The number of aromatic nitrogens is 2. The quantitative estimate of drug-likeness (QED) is 0.204. The van der Waals surface area contributed by atoms with E-state index in [1.54, 1.807) is 7.11 Å². The van der Waals surface area contributed by atoms with Crippen molar-refractivity contribution in [1.82, 2.24) is 9.78 Å². The second-order valence-corrected chi connectivity index (χ2v) is 10.0. The molecule has 7 aromatic rings. The number of nitrogens with two attached hydrogens (primary N) is 1. The van der Waals surface area contributed by atoms with Gasteiger partial charge in [0.1, 0.15) is 11.5 Å². The Kier molecular flexibility index (Phi) is 21.3. The third-order valence-corrected chi connectivity index (χ3v) is 6.26. The Labute approximate surface area is 287 Å². The van der Waals surface area contributed by atoms with Crippen LogP contribution < -0.4 is 15.2 Å². The Bertz CT molecular complexity index is 1540. The lowest BCUT2D eigenvalue weighted by molar-refractivity contribution is 0.317. The van der Waals surface area contributed by atoms with E-state index in [4.69, 9.17) is 15.2 Å². The normalized spacial score (nSPS) is 9.08. The summed E-state index contributed by atoms with van der Waals surface area (Å²) >= 11 is 0. The molecule has 0 atom stereocenters. The molecular weight excluding hydrogens is 590 g/mol. The number of benzene rings is 6. The van der Waals surface area contributed by atoms with Gasteiger partial charge in [0.2, 0.25) is 0 Å². The summed E-state index contributed by atoms with van der Waals surface area (Å²) in [6.45, 7) is 3.55. The van der Waals surface area contributed by atoms with Gasteiger partial charge in [-0.2, -0.15) is 5.10 Å². The minimum absolute atomic E-state index is 0.640. The fraction of sp³-hybridized carbons (Fsp3) is 0.140. The van der Waals surface area contributed by atoms with E-state index < -0.39 is 0 Å². The molecule has 0 fully saturated rings. The fourth-order valence-corrected chi connectivity index (χ4v) is 3.78. The zero-order valence-corrected chi connectivity index (χ0v) is 28.4. The number of rotatable bonds is 5. The molecule has 0 spiro atoms. The van der Waals surface area contributed by atoms with Gasteiger partial charge in [-0.05, 0) is 42.3 Å². The summed E-state index contributed by atoms with van der Waals surface area (Å²) in [5.74, 6) is 1.87. The molecule has 2 N–H and O–H groups in total. The molecule has 0 bridgehead atoms. The van der Waals surface area contributed by atoms with Crippen LogP contribution >= 0.6 is 0 Å². The zero-order chi connectivity index (χ0) is 34.3. The Morgan fingerprint density at radius 3 is 1.31 bits per heavy atom. The van der Waals surface area contributed by atoms with Crippen molar-refractivity contribution in [3.8, 4) is 11.5 Å². The molecule has 0 aliphatic heterocycles. The number of hydrogen-bond donors (Lipinski definition) is 1. The van der Waals surface area contributed by atoms with E-state index in [1.165, 1.54) is 16.5 Å². The first-order chi connectivity index (χ1) is 23.7. The second-order valence-electron chi connectivity index (χ2n) is 10.0. The smallest absolute Gasteiger partial charge is 0.119 e. The number of hydrogen-bond acceptors (Lipinski definition) is 4. The van der Waals surface area contributed by atoms with Crippen molar-refractivity contribution in [2.45, 2.75) is 19.9 Å². The highest BCUT2D eigenvalue weighted by Gasteiger charge is 1.94. The van der Waals surface area contributed by atoms with Gasteiger partial charge in [-0.25, -0.2) is 0 Å². The molecule has 0 amide bonds. The maximum atomic E-state index is 5.36. The predicted molar refractivity (Wildman–Crippen MR) is 203 cm³/mol. The SMILES string of the molecule is CCCOc1ccccc1.COc1ccccc1.Cn1ncc2ccccc21.NCc1ccccc1.c1ccccc1.c1ccccc1. The molecular formula is C43H49N3O2. The van der Waals surface area contributed by atoms with Crippen LogP contribution in [0.25, 0.3) is 10.9 Å². The van der Waals surface area contributed by atoms with Gasteiger partial charge in [0.25, 0.3) is 0 Å². The summed E-state index contributed by atoms with van der Waals surface area (Å²) in [5.41, 5.74) is 7.72. The molecule has 248 valence electrons. The van der Waals surface area contributed by atoms with Crippen LogP contribution in [0.4, 0.5) is 0 Å². The maximum Gasteiger partial charge on any atom is 0.119 e. The van der Waals surface area contributed by atoms with E-state index in [-0.39, 0.29) is 0 Å². The zero-order valence-electron chi connectivity index (χ0n) is 28.4. The van der Waals surface area contributed by atoms with Crippen LogP contribution in [0.5, 0.6) is 11.5 Å². The Morgan fingerprint density at radius 1 is 0.542 bits per heavy atom. The van der Waals surface area contributed by atoms with Gasteiger partial charge < -0.3 is 15.2 Å². The Balaban J connectivity index is 0.000000202. The van der Waals surface area contributed by atoms with E-state index in [0.29, 0.717) is 6.54 Å². The first kappa shape index (κ1) is 38.5. The van der Waals surface area contributed by atoms with E-state index in [2.05, 4.69) is 24.2 Å². The molecule has 0 radical (unpaired) electrons. The van der Waals surface area contributed by atoms with Gasteiger partial charge in [0.15, 0.2) is 0 Å². The first-order valence-electron chi connectivity index (χ1n) is 16.1. The van der Waals surface area contributed by atoms with E-state index in [9.17, 15) is 0 Å². The summed E-state index contributed by atoms with van der Waals surface area (Å²) in [6, 6.07) is 61.7. The molecule has 0 unspecified atom stereocenters. The highest BCUT2D eigenvalue weighted by molar-refractivity contribution is 5.78. The number of nitrogens with zero attached hydrogens (tertiary/aromatic N) is 2. The van der Waals surface area contributed by atoms with Crippen molar-refractivity contribution < 1.29 is 9.47 Å². The largest absolute Gasteiger partial charge is 0.497 e. The molecule has 7 rings (SSSR count). The average molecular weight is 640 g/mol. The third kappa shape index (κ3) is 18.4. The topological polar surface area (TPSA) is 62.3 Å². The van der Waals surface area contributed by atoms with Gasteiger partial charge >= 0.3 is 0 Å². The number of aryl methyl sites for hydroxylation is 1. The van der Waals surface area contributed by atoms with Crippen LogP contribution in [0.15, 0.2) is 194 Å². The summed E-state index contributed by atoms with van der Waals surface area (Å²) in [6.07, 6.45) is 2.93. The minimum atomic E-state index is 0.640. The van der Waals surface area contributed by atoms with Crippen LogP contribution in [-0.2, 0) is 13.6 Å². The molecule has 1 aromatic heterocycles. The Morgan fingerprint density at radius 2 is 0.938 bits per heavy atom. The van der Waals surface area contributed by atoms with Crippen molar-refractivity contribution in [3.05, 3.63) is 200 Å². The molecule has 48 heavy (non-hydrogen) atoms. The third-order valence-electron chi connectivity index (χ3n) is 6.26. The van der Waals surface area contributed by atoms with Gasteiger partial charge in [0, 0.05) is 19.0 Å².